The second-order valence-corrected chi connectivity index (χ2v) is 5.50. The Morgan fingerprint density at radius 3 is 2.68 bits per heavy atom. The molecule has 2 heterocycles. The van der Waals surface area contributed by atoms with Gasteiger partial charge in [0.15, 0.2) is 5.58 Å². The fourth-order valence-electron chi connectivity index (χ4n) is 1.78. The van der Waals surface area contributed by atoms with Crippen molar-refractivity contribution >= 4 is 42.8 Å². The van der Waals surface area contributed by atoms with E-state index in [-0.39, 0.29) is 0 Å². The quantitative estimate of drug-likeness (QED) is 0.602. The van der Waals surface area contributed by atoms with Gasteiger partial charge in [0.25, 0.3) is 0 Å². The summed E-state index contributed by atoms with van der Waals surface area (Å²) in [6.07, 6.45) is 1.62. The number of rotatable bonds is 3. The van der Waals surface area contributed by atoms with Crippen LogP contribution in [0.1, 0.15) is 5.56 Å². The van der Waals surface area contributed by atoms with E-state index < -0.39 is 0 Å². The zero-order valence-corrected chi connectivity index (χ0v) is 12.9. The second-order valence-electron chi connectivity index (χ2n) is 3.96. The maximum Gasteiger partial charge on any atom is 0.226 e. The molecule has 0 aliphatic heterocycles. The van der Waals surface area contributed by atoms with Gasteiger partial charge in [0.1, 0.15) is 11.2 Å². The van der Waals surface area contributed by atoms with Gasteiger partial charge in [0.05, 0.1) is 16.1 Å². The van der Waals surface area contributed by atoms with Crippen LogP contribution in [0.3, 0.4) is 0 Å². The Labute approximate surface area is 126 Å². The van der Waals surface area contributed by atoms with E-state index in [2.05, 4.69) is 36.8 Å². The number of furan rings is 1. The third kappa shape index (κ3) is 2.53. The van der Waals surface area contributed by atoms with Crippen molar-refractivity contribution in [2.75, 3.05) is 0 Å². The van der Waals surface area contributed by atoms with Crippen molar-refractivity contribution in [3.8, 4) is 5.88 Å². The Bertz CT molecular complexity index is 710. The smallest absolute Gasteiger partial charge is 0.226 e. The molecule has 0 atom stereocenters. The standard InChI is InChI=1S/C14H9Br2NO2/c15-11-12-10(6-7-18-12)14(17-13(11)16)19-8-9-4-2-1-3-5-9/h1-7H,8H2. The van der Waals surface area contributed by atoms with Gasteiger partial charge >= 0.3 is 0 Å². The number of aromatic nitrogens is 1. The summed E-state index contributed by atoms with van der Waals surface area (Å²) in [7, 11) is 0. The highest BCUT2D eigenvalue weighted by molar-refractivity contribution is 9.13. The van der Waals surface area contributed by atoms with Gasteiger partial charge in [-0.05, 0) is 43.5 Å². The van der Waals surface area contributed by atoms with Crippen molar-refractivity contribution in [1.82, 2.24) is 4.98 Å². The third-order valence-electron chi connectivity index (χ3n) is 2.69. The zero-order chi connectivity index (χ0) is 13.2. The fourth-order valence-corrected chi connectivity index (χ4v) is 2.51. The van der Waals surface area contributed by atoms with Crippen molar-refractivity contribution in [2.45, 2.75) is 6.61 Å². The fraction of sp³-hybridized carbons (Fsp3) is 0.0714. The number of ether oxygens (including phenoxy) is 1. The first-order valence-electron chi connectivity index (χ1n) is 5.64. The number of pyridine rings is 1. The van der Waals surface area contributed by atoms with E-state index in [9.17, 15) is 0 Å². The minimum absolute atomic E-state index is 0.474. The lowest BCUT2D eigenvalue weighted by atomic mass is 10.2. The third-order valence-corrected chi connectivity index (χ3v) is 4.54. The Morgan fingerprint density at radius 1 is 1.11 bits per heavy atom. The molecule has 19 heavy (non-hydrogen) atoms. The maximum absolute atomic E-state index is 5.78. The number of benzene rings is 1. The molecule has 3 rings (SSSR count). The lowest BCUT2D eigenvalue weighted by molar-refractivity contribution is 0.297. The molecule has 5 heteroatoms. The minimum Gasteiger partial charge on any atom is -0.472 e. The molecule has 0 radical (unpaired) electrons. The van der Waals surface area contributed by atoms with E-state index in [1.807, 2.05) is 36.4 Å². The van der Waals surface area contributed by atoms with Gasteiger partial charge in [-0.25, -0.2) is 4.98 Å². The highest BCUT2D eigenvalue weighted by Crippen LogP contribution is 2.35. The van der Waals surface area contributed by atoms with E-state index in [4.69, 9.17) is 9.15 Å². The van der Waals surface area contributed by atoms with Gasteiger partial charge in [-0.2, -0.15) is 0 Å². The average molecular weight is 383 g/mol. The molecule has 0 aliphatic rings. The number of halogens is 2. The monoisotopic (exact) mass is 381 g/mol. The Balaban J connectivity index is 1.93. The number of fused-ring (bicyclic) bond motifs is 1. The van der Waals surface area contributed by atoms with Crippen LogP contribution in [-0.2, 0) is 6.61 Å². The van der Waals surface area contributed by atoms with Gasteiger partial charge in [0, 0.05) is 0 Å². The topological polar surface area (TPSA) is 35.3 Å². The average Bonchev–Trinajstić information content (AvgIpc) is 2.92. The van der Waals surface area contributed by atoms with Gasteiger partial charge in [-0.15, -0.1) is 0 Å². The molecule has 3 nitrogen and oxygen atoms in total. The minimum atomic E-state index is 0.474. The first-order valence-corrected chi connectivity index (χ1v) is 7.23. The molecule has 96 valence electrons. The van der Waals surface area contributed by atoms with E-state index >= 15 is 0 Å². The molecule has 0 amide bonds. The molecule has 1 aromatic carbocycles. The van der Waals surface area contributed by atoms with Crippen molar-refractivity contribution in [3.63, 3.8) is 0 Å². The summed E-state index contributed by atoms with van der Waals surface area (Å²) in [6, 6.07) is 11.8. The highest BCUT2D eigenvalue weighted by atomic mass is 79.9. The Hall–Kier alpha value is -1.33. The summed E-state index contributed by atoms with van der Waals surface area (Å²) in [4.78, 5) is 4.38. The summed E-state index contributed by atoms with van der Waals surface area (Å²) in [5, 5.41) is 0.853. The van der Waals surface area contributed by atoms with Crippen LogP contribution in [0.4, 0.5) is 0 Å². The Kier molecular flexibility index (Phi) is 3.57. The molecule has 0 aliphatic carbocycles. The molecule has 0 unspecified atom stereocenters. The normalized spacial score (nSPS) is 10.8. The van der Waals surface area contributed by atoms with Gasteiger partial charge < -0.3 is 9.15 Å². The number of hydrogen-bond acceptors (Lipinski definition) is 3. The van der Waals surface area contributed by atoms with Gasteiger partial charge in [-0.3, -0.25) is 0 Å². The lowest BCUT2D eigenvalue weighted by Crippen LogP contribution is -1.98. The molecule has 3 aromatic rings. The van der Waals surface area contributed by atoms with Crippen LogP contribution in [0.25, 0.3) is 11.0 Å². The SMILES string of the molecule is Brc1nc(OCc2ccccc2)c2ccoc2c1Br. The van der Waals surface area contributed by atoms with Crippen LogP contribution >= 0.6 is 31.9 Å². The molecule has 0 saturated carbocycles. The van der Waals surface area contributed by atoms with Gasteiger partial charge in [-0.1, -0.05) is 30.3 Å². The zero-order valence-electron chi connectivity index (χ0n) is 9.77. The van der Waals surface area contributed by atoms with Crippen LogP contribution in [0.5, 0.6) is 5.88 Å². The molecule has 0 N–H and O–H groups in total. The summed E-state index contributed by atoms with van der Waals surface area (Å²) >= 11 is 6.81. The van der Waals surface area contributed by atoms with Crippen LogP contribution in [0, 0.1) is 0 Å². The molecular formula is C14H9Br2NO2. The predicted octanol–water partition coefficient (Wildman–Crippen LogP) is 4.93. The van der Waals surface area contributed by atoms with Gasteiger partial charge in [0.2, 0.25) is 5.88 Å². The highest BCUT2D eigenvalue weighted by Gasteiger charge is 2.14. The van der Waals surface area contributed by atoms with Crippen molar-refractivity contribution in [3.05, 3.63) is 57.3 Å². The van der Waals surface area contributed by atoms with Crippen LogP contribution in [-0.4, -0.2) is 4.98 Å². The molecule has 0 saturated heterocycles. The summed E-state index contributed by atoms with van der Waals surface area (Å²) in [6.45, 7) is 0.474. The van der Waals surface area contributed by atoms with Crippen LogP contribution < -0.4 is 4.74 Å². The molecule has 0 bridgehead atoms. The van der Waals surface area contributed by atoms with Crippen molar-refractivity contribution in [1.29, 1.82) is 0 Å². The van der Waals surface area contributed by atoms with E-state index in [1.165, 1.54) is 0 Å². The van der Waals surface area contributed by atoms with E-state index in [1.54, 1.807) is 6.26 Å². The van der Waals surface area contributed by atoms with Crippen molar-refractivity contribution in [2.24, 2.45) is 0 Å². The Morgan fingerprint density at radius 2 is 1.89 bits per heavy atom. The first-order chi connectivity index (χ1) is 9.25. The molecular weight excluding hydrogens is 374 g/mol. The number of nitrogens with zero attached hydrogens (tertiary/aromatic N) is 1. The number of hydrogen-bond donors (Lipinski definition) is 0. The summed E-state index contributed by atoms with van der Waals surface area (Å²) in [5.74, 6) is 0.558. The van der Waals surface area contributed by atoms with Crippen molar-refractivity contribution < 1.29 is 9.15 Å². The largest absolute Gasteiger partial charge is 0.472 e. The first kappa shape index (κ1) is 12.7. The second kappa shape index (κ2) is 5.35. The van der Waals surface area contributed by atoms with E-state index in [0.29, 0.717) is 17.1 Å². The van der Waals surface area contributed by atoms with Crippen LogP contribution in [0.15, 0.2) is 56.2 Å². The lowest BCUT2D eigenvalue weighted by Gasteiger charge is -2.07. The molecule has 0 spiro atoms. The molecule has 0 fully saturated rings. The summed E-state index contributed by atoms with van der Waals surface area (Å²) < 4.78 is 12.7. The predicted molar refractivity (Wildman–Crippen MR) is 80.2 cm³/mol. The molecule has 2 aromatic heterocycles. The summed E-state index contributed by atoms with van der Waals surface area (Å²) in [5.41, 5.74) is 1.82. The van der Waals surface area contributed by atoms with E-state index in [0.717, 1.165) is 21.0 Å². The maximum atomic E-state index is 5.78. The van der Waals surface area contributed by atoms with Crippen LogP contribution in [0.2, 0.25) is 0 Å².